The molecule has 268 valence electrons. The zero-order valence-electron chi connectivity index (χ0n) is 31.3. The van der Waals surface area contributed by atoms with E-state index in [4.69, 9.17) is 0 Å². The van der Waals surface area contributed by atoms with E-state index in [1.54, 1.807) is 0 Å². The molecular weight excluding hydrogens is 691 g/mol. The second-order valence-corrected chi connectivity index (χ2v) is 15.3. The Morgan fingerprint density at radius 2 is 0.965 bits per heavy atom. The van der Waals surface area contributed by atoms with E-state index in [0.717, 1.165) is 29.2 Å². The van der Waals surface area contributed by atoms with Crippen molar-refractivity contribution in [3.05, 3.63) is 217 Å². The predicted molar refractivity (Wildman–Crippen MR) is 239 cm³/mol. The molecule has 3 heterocycles. The van der Waals surface area contributed by atoms with E-state index >= 15 is 0 Å². The number of benzene rings is 8. The van der Waals surface area contributed by atoms with Crippen LogP contribution in [0.5, 0.6) is 0 Å². The molecule has 8 aromatic carbocycles. The Morgan fingerprint density at radius 1 is 0.421 bits per heavy atom. The van der Waals surface area contributed by atoms with Gasteiger partial charge in [0.1, 0.15) is 0 Å². The Morgan fingerprint density at radius 3 is 1.70 bits per heavy atom. The molecular formula is C54H37N3. The van der Waals surface area contributed by atoms with E-state index < -0.39 is 0 Å². The van der Waals surface area contributed by atoms with Gasteiger partial charge >= 0.3 is 0 Å². The topological polar surface area (TPSA) is 12.6 Å². The first-order valence-corrected chi connectivity index (χ1v) is 19.9. The summed E-state index contributed by atoms with van der Waals surface area (Å²) < 4.78 is 4.89. The predicted octanol–water partition coefficient (Wildman–Crippen LogP) is 13.3. The monoisotopic (exact) mass is 727 g/mol. The Labute approximate surface area is 330 Å². The van der Waals surface area contributed by atoms with Crippen molar-refractivity contribution in [1.29, 1.82) is 0 Å². The molecule has 0 N–H and O–H groups in total. The maximum absolute atomic E-state index is 2.52. The molecule has 0 radical (unpaired) electrons. The molecule has 57 heavy (non-hydrogen) atoms. The number of hydrogen-bond donors (Lipinski definition) is 0. The fourth-order valence-corrected chi connectivity index (χ4v) is 9.64. The van der Waals surface area contributed by atoms with Crippen LogP contribution in [0.3, 0.4) is 0 Å². The standard InChI is InChI=1S/C54H37N3/c1-3-13-36(14-4-1)37-23-27-41(28-24-37)55(43-31-32-47-44-17-7-10-20-50(44)56(53(47)35-43)40-15-5-2-6-16-40)42-29-25-38(26-30-42)39-33-48-45-18-8-11-21-51(45)57-52-22-12-9-19-46(52)49(34-39)54(48)57/h1-33,35,39H,34H2. The van der Waals surface area contributed by atoms with E-state index in [0.29, 0.717) is 0 Å². The summed E-state index contributed by atoms with van der Waals surface area (Å²) in [6.45, 7) is 0. The van der Waals surface area contributed by atoms with Crippen molar-refractivity contribution < 1.29 is 0 Å². The van der Waals surface area contributed by atoms with Crippen molar-refractivity contribution in [2.75, 3.05) is 4.90 Å². The first-order valence-electron chi connectivity index (χ1n) is 19.9. The molecule has 0 fully saturated rings. The molecule has 12 rings (SSSR count). The molecule has 3 nitrogen and oxygen atoms in total. The van der Waals surface area contributed by atoms with Gasteiger partial charge in [-0.25, -0.2) is 0 Å². The lowest BCUT2D eigenvalue weighted by Gasteiger charge is -2.27. The van der Waals surface area contributed by atoms with Crippen LogP contribution in [0.15, 0.2) is 200 Å². The third-order valence-electron chi connectivity index (χ3n) is 12.2. The maximum atomic E-state index is 2.52. The van der Waals surface area contributed by atoms with Crippen molar-refractivity contribution in [2.24, 2.45) is 0 Å². The molecule has 0 saturated heterocycles. The van der Waals surface area contributed by atoms with E-state index in [1.807, 2.05) is 0 Å². The smallest absolute Gasteiger partial charge is 0.0577 e. The van der Waals surface area contributed by atoms with Gasteiger partial charge in [-0.05, 0) is 95.4 Å². The molecule has 11 aromatic rings. The highest BCUT2D eigenvalue weighted by atomic mass is 15.1. The van der Waals surface area contributed by atoms with Crippen LogP contribution in [0.25, 0.3) is 72.0 Å². The van der Waals surface area contributed by atoms with Crippen LogP contribution >= 0.6 is 0 Å². The number of hydrogen-bond acceptors (Lipinski definition) is 1. The van der Waals surface area contributed by atoms with Gasteiger partial charge in [-0.15, -0.1) is 0 Å². The van der Waals surface area contributed by atoms with Gasteiger partial charge in [0, 0.05) is 55.4 Å². The third kappa shape index (κ3) is 4.92. The quantitative estimate of drug-likeness (QED) is 0.166. The van der Waals surface area contributed by atoms with Gasteiger partial charge in [-0.1, -0.05) is 140 Å². The number of rotatable bonds is 6. The summed E-state index contributed by atoms with van der Waals surface area (Å²) in [5, 5.41) is 6.55. The maximum Gasteiger partial charge on any atom is 0.0577 e. The lowest BCUT2D eigenvalue weighted by atomic mass is 9.86. The van der Waals surface area contributed by atoms with Crippen LogP contribution < -0.4 is 10.1 Å². The molecule has 1 unspecified atom stereocenters. The van der Waals surface area contributed by atoms with Crippen LogP contribution in [0, 0.1) is 0 Å². The van der Waals surface area contributed by atoms with Crippen LogP contribution in [0.1, 0.15) is 17.0 Å². The fraction of sp³-hybridized carbons (Fsp3) is 0.0370. The fourth-order valence-electron chi connectivity index (χ4n) is 9.64. The molecule has 0 aliphatic heterocycles. The van der Waals surface area contributed by atoms with Gasteiger partial charge in [-0.3, -0.25) is 0 Å². The summed E-state index contributed by atoms with van der Waals surface area (Å²) in [7, 11) is 0. The van der Waals surface area contributed by atoms with Crippen molar-refractivity contribution in [1.82, 2.24) is 8.97 Å². The summed E-state index contributed by atoms with van der Waals surface area (Å²) in [5.74, 6) is 0.267. The highest BCUT2D eigenvalue weighted by Crippen LogP contribution is 2.42. The Bertz CT molecular complexity index is 3360. The van der Waals surface area contributed by atoms with E-state index in [1.165, 1.54) is 76.6 Å². The third-order valence-corrected chi connectivity index (χ3v) is 12.2. The SMILES string of the molecule is C1=c2c3ccccc3n3c2c(c2ccccc23)CC1c1ccc(N(c2ccc(-c3ccccc3)cc2)c2ccc3c4ccccc4n(-c4ccccc4)c3c2)cc1. The number of anilines is 3. The molecule has 1 aliphatic rings. The molecule has 3 aromatic heterocycles. The first kappa shape index (κ1) is 31.9. The summed E-state index contributed by atoms with van der Waals surface area (Å²) in [5.41, 5.74) is 16.1. The summed E-state index contributed by atoms with van der Waals surface area (Å²) in [6, 6.07) is 73.2. The largest absolute Gasteiger partial charge is 0.310 e. The average Bonchev–Trinajstić information content (AvgIpc) is 3.92. The van der Waals surface area contributed by atoms with Crippen molar-refractivity contribution >= 4 is 72.3 Å². The van der Waals surface area contributed by atoms with E-state index in [2.05, 4.69) is 220 Å². The van der Waals surface area contributed by atoms with Gasteiger partial charge < -0.3 is 13.9 Å². The zero-order valence-corrected chi connectivity index (χ0v) is 31.3. The number of aromatic nitrogens is 2. The normalized spacial score (nSPS) is 13.9. The number of fused-ring (bicyclic) bond motifs is 9. The van der Waals surface area contributed by atoms with Crippen LogP contribution in [0.4, 0.5) is 17.1 Å². The zero-order chi connectivity index (χ0) is 37.5. The van der Waals surface area contributed by atoms with Crippen molar-refractivity contribution in [3.63, 3.8) is 0 Å². The van der Waals surface area contributed by atoms with Gasteiger partial charge in [0.05, 0.1) is 27.6 Å². The Hall–Kier alpha value is -7.36. The summed E-state index contributed by atoms with van der Waals surface area (Å²) in [6.07, 6.45) is 3.50. The van der Waals surface area contributed by atoms with Gasteiger partial charge in [0.15, 0.2) is 0 Å². The lowest BCUT2D eigenvalue weighted by Crippen LogP contribution is -2.14. The second kappa shape index (κ2) is 12.6. The molecule has 1 atom stereocenters. The van der Waals surface area contributed by atoms with Crippen LogP contribution in [-0.2, 0) is 6.42 Å². The number of para-hydroxylation sites is 4. The van der Waals surface area contributed by atoms with E-state index in [9.17, 15) is 0 Å². The van der Waals surface area contributed by atoms with Crippen LogP contribution in [0.2, 0.25) is 0 Å². The summed E-state index contributed by atoms with van der Waals surface area (Å²) >= 11 is 0. The molecule has 0 amide bonds. The highest BCUT2D eigenvalue weighted by Gasteiger charge is 2.25. The molecule has 3 heteroatoms. The second-order valence-electron chi connectivity index (χ2n) is 15.3. The minimum atomic E-state index is 0.267. The van der Waals surface area contributed by atoms with Crippen molar-refractivity contribution in [3.8, 4) is 16.8 Å². The first-order chi connectivity index (χ1) is 28.3. The molecule has 0 saturated carbocycles. The average molecular weight is 728 g/mol. The lowest BCUT2D eigenvalue weighted by molar-refractivity contribution is 0.876. The molecule has 0 bridgehead atoms. The van der Waals surface area contributed by atoms with Crippen LogP contribution in [-0.4, -0.2) is 8.97 Å². The number of nitrogens with zero attached hydrogens (tertiary/aromatic N) is 3. The van der Waals surface area contributed by atoms with Gasteiger partial charge in [0.2, 0.25) is 0 Å². The van der Waals surface area contributed by atoms with Gasteiger partial charge in [-0.2, -0.15) is 0 Å². The van der Waals surface area contributed by atoms with Crippen molar-refractivity contribution in [2.45, 2.75) is 12.3 Å². The van der Waals surface area contributed by atoms with Gasteiger partial charge in [0.25, 0.3) is 0 Å². The summed E-state index contributed by atoms with van der Waals surface area (Å²) in [4.78, 5) is 2.41. The minimum absolute atomic E-state index is 0.267. The molecule has 0 spiro atoms. The molecule has 1 aliphatic carbocycles. The minimum Gasteiger partial charge on any atom is -0.310 e. The Balaban J connectivity index is 1.00. The van der Waals surface area contributed by atoms with E-state index in [-0.39, 0.29) is 5.92 Å². The highest BCUT2D eigenvalue weighted by molar-refractivity contribution is 6.10. The Kier molecular flexibility index (Phi) is 7.05.